The van der Waals surface area contributed by atoms with Crippen LogP contribution in [0.4, 0.5) is 0 Å². The number of furan rings is 1. The maximum Gasteiger partial charge on any atom is 0.374 e. The summed E-state index contributed by atoms with van der Waals surface area (Å²) in [6.07, 6.45) is 1.49. The van der Waals surface area contributed by atoms with Crippen molar-refractivity contribution in [2.75, 3.05) is 6.61 Å². The summed E-state index contributed by atoms with van der Waals surface area (Å²) in [5, 5.41) is 2.69. The van der Waals surface area contributed by atoms with E-state index in [0.29, 0.717) is 22.8 Å². The van der Waals surface area contributed by atoms with E-state index in [4.69, 9.17) is 9.15 Å². The van der Waals surface area contributed by atoms with Crippen LogP contribution in [0.1, 0.15) is 45.1 Å². The molecule has 0 bridgehead atoms. The van der Waals surface area contributed by atoms with Crippen LogP contribution in [0.2, 0.25) is 0 Å². The lowest BCUT2D eigenvalue weighted by Crippen LogP contribution is -2.24. The normalized spacial score (nSPS) is 10.3. The summed E-state index contributed by atoms with van der Waals surface area (Å²) >= 11 is 0. The molecule has 22 heavy (non-hydrogen) atoms. The standard InChI is InChI=1S/C15H17N3O4/c1-4-21-15(20)13-6-5-11(22-13)7-17-14(19)12-8-16-10(3)18-9(12)2/h5-6,8H,4,7H2,1-3H3,(H,17,19). The predicted octanol–water partition coefficient (Wildman–Crippen LogP) is 1.79. The summed E-state index contributed by atoms with van der Waals surface area (Å²) in [5.41, 5.74) is 1.01. The molecule has 0 saturated heterocycles. The average Bonchev–Trinajstić information content (AvgIpc) is 2.94. The number of nitrogens with one attached hydrogen (secondary N) is 1. The van der Waals surface area contributed by atoms with Gasteiger partial charge in [-0.1, -0.05) is 0 Å². The summed E-state index contributed by atoms with van der Waals surface area (Å²) in [4.78, 5) is 31.7. The first-order valence-corrected chi connectivity index (χ1v) is 6.85. The number of carbonyl (C=O) groups is 2. The van der Waals surface area contributed by atoms with Crippen LogP contribution in [-0.2, 0) is 11.3 Å². The molecule has 116 valence electrons. The van der Waals surface area contributed by atoms with E-state index in [9.17, 15) is 9.59 Å². The zero-order valence-corrected chi connectivity index (χ0v) is 12.7. The fourth-order valence-electron chi connectivity index (χ4n) is 1.85. The second-order valence-electron chi connectivity index (χ2n) is 4.59. The molecular weight excluding hydrogens is 286 g/mol. The van der Waals surface area contributed by atoms with Gasteiger partial charge < -0.3 is 14.5 Å². The molecule has 0 aliphatic heterocycles. The van der Waals surface area contributed by atoms with Gasteiger partial charge in [-0.15, -0.1) is 0 Å². The van der Waals surface area contributed by atoms with Crippen LogP contribution in [0.5, 0.6) is 0 Å². The first kappa shape index (κ1) is 15.7. The second-order valence-corrected chi connectivity index (χ2v) is 4.59. The van der Waals surface area contributed by atoms with Crippen LogP contribution >= 0.6 is 0 Å². The Labute approximate surface area is 127 Å². The van der Waals surface area contributed by atoms with Crippen molar-refractivity contribution in [3.05, 3.63) is 46.9 Å². The van der Waals surface area contributed by atoms with Crippen molar-refractivity contribution in [2.45, 2.75) is 27.3 Å². The van der Waals surface area contributed by atoms with Crippen LogP contribution in [0.3, 0.4) is 0 Å². The quantitative estimate of drug-likeness (QED) is 0.846. The Balaban J connectivity index is 1.98. The smallest absolute Gasteiger partial charge is 0.374 e. The van der Waals surface area contributed by atoms with Crippen LogP contribution in [0.15, 0.2) is 22.7 Å². The van der Waals surface area contributed by atoms with Gasteiger partial charge in [0, 0.05) is 6.20 Å². The van der Waals surface area contributed by atoms with Crippen molar-refractivity contribution in [3.63, 3.8) is 0 Å². The number of esters is 1. The number of hydrogen-bond acceptors (Lipinski definition) is 6. The third-order valence-electron chi connectivity index (χ3n) is 2.91. The Morgan fingerprint density at radius 1 is 1.32 bits per heavy atom. The fourth-order valence-corrected chi connectivity index (χ4v) is 1.85. The molecule has 2 aromatic rings. The van der Waals surface area contributed by atoms with Crippen molar-refractivity contribution in [1.29, 1.82) is 0 Å². The average molecular weight is 303 g/mol. The highest BCUT2D eigenvalue weighted by Crippen LogP contribution is 2.10. The molecule has 2 rings (SSSR count). The molecule has 7 nitrogen and oxygen atoms in total. The van der Waals surface area contributed by atoms with Gasteiger partial charge >= 0.3 is 5.97 Å². The number of hydrogen-bond donors (Lipinski definition) is 1. The van der Waals surface area contributed by atoms with Gasteiger partial charge in [0.25, 0.3) is 5.91 Å². The van der Waals surface area contributed by atoms with Crippen molar-refractivity contribution in [1.82, 2.24) is 15.3 Å². The highest BCUT2D eigenvalue weighted by molar-refractivity contribution is 5.94. The van der Waals surface area contributed by atoms with Gasteiger partial charge in [0.15, 0.2) is 0 Å². The zero-order valence-electron chi connectivity index (χ0n) is 12.7. The predicted molar refractivity (Wildman–Crippen MR) is 77.3 cm³/mol. The van der Waals surface area contributed by atoms with Crippen LogP contribution in [-0.4, -0.2) is 28.5 Å². The van der Waals surface area contributed by atoms with E-state index in [2.05, 4.69) is 15.3 Å². The summed E-state index contributed by atoms with van der Waals surface area (Å²) in [7, 11) is 0. The molecule has 0 fully saturated rings. The van der Waals surface area contributed by atoms with Crippen molar-refractivity contribution < 1.29 is 18.7 Å². The lowest BCUT2D eigenvalue weighted by atomic mass is 10.2. The number of aryl methyl sites for hydroxylation is 2. The zero-order chi connectivity index (χ0) is 16.1. The van der Waals surface area contributed by atoms with Gasteiger partial charge in [-0.3, -0.25) is 4.79 Å². The summed E-state index contributed by atoms with van der Waals surface area (Å²) in [6.45, 7) is 5.65. The summed E-state index contributed by atoms with van der Waals surface area (Å²) < 4.78 is 10.1. The number of aromatic nitrogens is 2. The van der Waals surface area contributed by atoms with E-state index in [-0.39, 0.29) is 24.8 Å². The Kier molecular flexibility index (Phi) is 4.88. The Hall–Kier alpha value is -2.70. The first-order chi connectivity index (χ1) is 10.5. The Bertz CT molecular complexity index is 694. The molecule has 0 spiro atoms. The minimum absolute atomic E-state index is 0.112. The molecule has 0 radical (unpaired) electrons. The molecule has 0 aromatic carbocycles. The molecular formula is C15H17N3O4. The van der Waals surface area contributed by atoms with Gasteiger partial charge in [0.2, 0.25) is 5.76 Å². The second kappa shape index (κ2) is 6.84. The third kappa shape index (κ3) is 3.69. The number of ether oxygens (including phenoxy) is 1. The molecule has 2 aromatic heterocycles. The van der Waals surface area contributed by atoms with Gasteiger partial charge in [-0.2, -0.15) is 0 Å². The number of rotatable bonds is 5. The summed E-state index contributed by atoms with van der Waals surface area (Å²) in [6, 6.07) is 3.13. The van der Waals surface area contributed by atoms with Crippen molar-refractivity contribution in [3.8, 4) is 0 Å². The van der Waals surface area contributed by atoms with Gasteiger partial charge in [0.05, 0.1) is 24.4 Å². The van der Waals surface area contributed by atoms with Crippen molar-refractivity contribution in [2.24, 2.45) is 0 Å². The molecule has 0 aliphatic carbocycles. The molecule has 1 amide bonds. The van der Waals surface area contributed by atoms with E-state index in [1.807, 2.05) is 0 Å². The fraction of sp³-hybridized carbons (Fsp3) is 0.333. The molecule has 0 unspecified atom stereocenters. The van der Waals surface area contributed by atoms with E-state index in [1.54, 1.807) is 26.8 Å². The largest absolute Gasteiger partial charge is 0.460 e. The monoisotopic (exact) mass is 303 g/mol. The van der Waals surface area contributed by atoms with Crippen LogP contribution in [0.25, 0.3) is 0 Å². The SMILES string of the molecule is CCOC(=O)c1ccc(CNC(=O)c2cnc(C)nc2C)o1. The van der Waals surface area contributed by atoms with E-state index in [0.717, 1.165) is 0 Å². The first-order valence-electron chi connectivity index (χ1n) is 6.85. The van der Waals surface area contributed by atoms with Gasteiger partial charge in [-0.25, -0.2) is 14.8 Å². The lowest BCUT2D eigenvalue weighted by Gasteiger charge is -2.06. The third-order valence-corrected chi connectivity index (χ3v) is 2.91. The summed E-state index contributed by atoms with van der Waals surface area (Å²) in [5.74, 6) is 0.358. The molecule has 0 aliphatic rings. The minimum atomic E-state index is -0.525. The Morgan fingerprint density at radius 3 is 2.77 bits per heavy atom. The molecule has 7 heteroatoms. The maximum absolute atomic E-state index is 12.1. The Morgan fingerprint density at radius 2 is 2.09 bits per heavy atom. The lowest BCUT2D eigenvalue weighted by molar-refractivity contribution is 0.0488. The van der Waals surface area contributed by atoms with E-state index < -0.39 is 5.97 Å². The highest BCUT2D eigenvalue weighted by atomic mass is 16.5. The molecule has 1 N–H and O–H groups in total. The topological polar surface area (TPSA) is 94.3 Å². The maximum atomic E-state index is 12.1. The minimum Gasteiger partial charge on any atom is -0.460 e. The molecule has 0 saturated carbocycles. The van der Waals surface area contributed by atoms with E-state index in [1.165, 1.54) is 12.3 Å². The molecule has 0 atom stereocenters. The van der Waals surface area contributed by atoms with Gasteiger partial charge in [-0.05, 0) is 32.9 Å². The number of nitrogens with zero attached hydrogens (tertiary/aromatic N) is 2. The highest BCUT2D eigenvalue weighted by Gasteiger charge is 2.14. The molecule has 2 heterocycles. The van der Waals surface area contributed by atoms with Crippen LogP contribution in [0, 0.1) is 13.8 Å². The number of carbonyl (C=O) groups excluding carboxylic acids is 2. The van der Waals surface area contributed by atoms with E-state index >= 15 is 0 Å². The van der Waals surface area contributed by atoms with Crippen LogP contribution < -0.4 is 5.32 Å². The number of amides is 1. The van der Waals surface area contributed by atoms with Gasteiger partial charge in [0.1, 0.15) is 11.6 Å². The van der Waals surface area contributed by atoms with Crippen molar-refractivity contribution >= 4 is 11.9 Å².